The molecule has 0 unspecified atom stereocenters. The smallest absolute Gasteiger partial charge is 0.319 e. The maximum Gasteiger partial charge on any atom is 0.319 e. The van der Waals surface area contributed by atoms with Crippen LogP contribution in [0.25, 0.3) is 0 Å². The van der Waals surface area contributed by atoms with Gasteiger partial charge in [-0.2, -0.15) is 0 Å². The summed E-state index contributed by atoms with van der Waals surface area (Å²) in [4.78, 5) is 26.9. The van der Waals surface area contributed by atoms with E-state index < -0.39 is 12.1 Å². The number of aliphatic hydroxyl groups excluding tert-OH is 1. The van der Waals surface area contributed by atoms with Gasteiger partial charge in [0.2, 0.25) is 5.91 Å². The van der Waals surface area contributed by atoms with Crippen LogP contribution in [0.3, 0.4) is 0 Å². The highest BCUT2D eigenvalue weighted by atomic mass is 35.5. The van der Waals surface area contributed by atoms with Gasteiger partial charge < -0.3 is 25.4 Å². The topological polar surface area (TPSA) is 90.9 Å². The number of benzene rings is 2. The lowest BCUT2D eigenvalue weighted by atomic mass is 9.94. The summed E-state index contributed by atoms with van der Waals surface area (Å²) in [7, 11) is 0. The number of urea groups is 1. The first kappa shape index (κ1) is 21.0. The standard InChI is InChI=1S/C21H24ClN3O4/c1-2-29-17-9-3-14(4-10-17)18-13-25(11-12-26)20(27)19(18)24-21(28)23-16-7-5-15(22)6-8-16/h3-10,18-19,26H,2,11-13H2,1H3,(H2,23,24,28)/t18-,19-/m0/s1. The number of hydrogen-bond donors (Lipinski definition) is 3. The van der Waals surface area contributed by atoms with Crippen molar-refractivity contribution in [2.45, 2.75) is 18.9 Å². The molecule has 2 atom stereocenters. The minimum atomic E-state index is -0.730. The van der Waals surface area contributed by atoms with Crippen molar-refractivity contribution >= 4 is 29.2 Å². The number of hydrogen-bond acceptors (Lipinski definition) is 4. The van der Waals surface area contributed by atoms with Gasteiger partial charge in [-0.15, -0.1) is 0 Å². The van der Waals surface area contributed by atoms with Gasteiger partial charge in [0.15, 0.2) is 0 Å². The third kappa shape index (κ3) is 5.19. The Balaban J connectivity index is 1.75. The molecule has 0 spiro atoms. The van der Waals surface area contributed by atoms with E-state index in [9.17, 15) is 14.7 Å². The molecule has 0 aliphatic carbocycles. The van der Waals surface area contributed by atoms with Gasteiger partial charge in [-0.1, -0.05) is 23.7 Å². The molecule has 7 nitrogen and oxygen atoms in total. The minimum Gasteiger partial charge on any atom is -0.494 e. The Kier molecular flexibility index (Phi) is 6.95. The molecule has 0 bridgehead atoms. The molecular weight excluding hydrogens is 394 g/mol. The number of aliphatic hydroxyl groups is 1. The lowest BCUT2D eigenvalue weighted by molar-refractivity contribution is -0.129. The zero-order valence-electron chi connectivity index (χ0n) is 16.1. The van der Waals surface area contributed by atoms with Crippen molar-refractivity contribution in [3.05, 3.63) is 59.1 Å². The summed E-state index contributed by atoms with van der Waals surface area (Å²) in [5.41, 5.74) is 1.49. The van der Waals surface area contributed by atoms with E-state index in [1.807, 2.05) is 31.2 Å². The van der Waals surface area contributed by atoms with Crippen LogP contribution in [0.15, 0.2) is 48.5 Å². The molecule has 29 heavy (non-hydrogen) atoms. The molecule has 8 heteroatoms. The SMILES string of the molecule is CCOc1ccc([C@@H]2CN(CCO)C(=O)[C@H]2NC(=O)Nc2ccc(Cl)cc2)cc1. The van der Waals surface area contributed by atoms with Crippen molar-refractivity contribution in [2.75, 3.05) is 31.6 Å². The number of ether oxygens (including phenoxy) is 1. The van der Waals surface area contributed by atoms with Crippen LogP contribution in [0.2, 0.25) is 5.02 Å². The highest BCUT2D eigenvalue weighted by Crippen LogP contribution is 2.30. The Hall–Kier alpha value is -2.77. The van der Waals surface area contributed by atoms with Gasteiger partial charge in [0.1, 0.15) is 11.8 Å². The van der Waals surface area contributed by atoms with E-state index >= 15 is 0 Å². The number of halogens is 1. The second-order valence-corrected chi connectivity index (χ2v) is 7.14. The first-order chi connectivity index (χ1) is 14.0. The summed E-state index contributed by atoms with van der Waals surface area (Å²) in [5.74, 6) is 0.294. The molecule has 3 amide bonds. The third-order valence-corrected chi connectivity index (χ3v) is 5.03. The number of carbonyl (C=O) groups is 2. The van der Waals surface area contributed by atoms with Crippen LogP contribution < -0.4 is 15.4 Å². The molecule has 3 N–H and O–H groups in total. The zero-order chi connectivity index (χ0) is 20.8. The largest absolute Gasteiger partial charge is 0.494 e. The molecule has 154 valence electrons. The quantitative estimate of drug-likeness (QED) is 0.646. The minimum absolute atomic E-state index is 0.134. The number of amides is 3. The summed E-state index contributed by atoms with van der Waals surface area (Å²) in [6, 6.07) is 13.0. The van der Waals surface area contributed by atoms with Crippen LogP contribution in [0, 0.1) is 0 Å². The Bertz CT molecular complexity index is 842. The van der Waals surface area contributed by atoms with E-state index in [4.69, 9.17) is 16.3 Å². The van der Waals surface area contributed by atoms with E-state index in [-0.39, 0.29) is 25.0 Å². The maximum absolute atomic E-state index is 12.8. The fraction of sp³-hybridized carbons (Fsp3) is 0.333. The monoisotopic (exact) mass is 417 g/mol. The second kappa shape index (κ2) is 9.62. The van der Waals surface area contributed by atoms with Gasteiger partial charge in [0.05, 0.1) is 13.2 Å². The number of nitrogens with zero attached hydrogens (tertiary/aromatic N) is 1. The normalized spacial score (nSPS) is 18.6. The van der Waals surface area contributed by atoms with Crippen LogP contribution >= 0.6 is 11.6 Å². The Morgan fingerprint density at radius 2 is 1.90 bits per heavy atom. The number of likely N-dealkylation sites (tertiary alicyclic amines) is 1. The second-order valence-electron chi connectivity index (χ2n) is 6.70. The molecular formula is C21H24ClN3O4. The average molecular weight is 418 g/mol. The predicted octanol–water partition coefficient (Wildman–Crippen LogP) is 2.85. The van der Waals surface area contributed by atoms with E-state index in [2.05, 4.69) is 10.6 Å². The van der Waals surface area contributed by atoms with Crippen molar-refractivity contribution in [1.29, 1.82) is 0 Å². The van der Waals surface area contributed by atoms with Crippen LogP contribution in [0.4, 0.5) is 10.5 Å². The van der Waals surface area contributed by atoms with Crippen molar-refractivity contribution < 1.29 is 19.4 Å². The Morgan fingerprint density at radius 3 is 2.52 bits per heavy atom. The molecule has 1 fully saturated rings. The van der Waals surface area contributed by atoms with E-state index in [0.29, 0.717) is 23.9 Å². The van der Waals surface area contributed by atoms with Gasteiger partial charge in [-0.3, -0.25) is 4.79 Å². The van der Waals surface area contributed by atoms with Gasteiger partial charge in [0, 0.05) is 29.7 Å². The van der Waals surface area contributed by atoms with Crippen LogP contribution in [0.5, 0.6) is 5.75 Å². The van der Waals surface area contributed by atoms with Crippen LogP contribution in [0.1, 0.15) is 18.4 Å². The molecule has 1 saturated heterocycles. The Labute approximate surface area is 174 Å². The van der Waals surface area contributed by atoms with E-state index in [1.54, 1.807) is 29.2 Å². The van der Waals surface area contributed by atoms with E-state index in [0.717, 1.165) is 11.3 Å². The van der Waals surface area contributed by atoms with Crippen molar-refractivity contribution in [3.63, 3.8) is 0 Å². The zero-order valence-corrected chi connectivity index (χ0v) is 16.9. The average Bonchev–Trinajstić information content (AvgIpc) is 3.01. The number of β-amino-alcohol motifs (C(OH)–C–C–N with tert-alkyl or cyclic N) is 1. The Morgan fingerprint density at radius 1 is 1.21 bits per heavy atom. The summed E-state index contributed by atoms with van der Waals surface area (Å²) in [6.07, 6.45) is 0. The molecule has 2 aromatic carbocycles. The molecule has 3 rings (SSSR count). The highest BCUT2D eigenvalue weighted by molar-refractivity contribution is 6.30. The third-order valence-electron chi connectivity index (χ3n) is 4.78. The molecule has 1 aliphatic heterocycles. The lowest BCUT2D eigenvalue weighted by Gasteiger charge is -2.19. The van der Waals surface area contributed by atoms with Crippen LogP contribution in [-0.2, 0) is 4.79 Å². The molecule has 0 radical (unpaired) electrons. The number of carbonyl (C=O) groups excluding carboxylic acids is 2. The van der Waals surface area contributed by atoms with Gasteiger partial charge in [-0.05, 0) is 48.9 Å². The van der Waals surface area contributed by atoms with Crippen LogP contribution in [-0.4, -0.2) is 54.3 Å². The lowest BCUT2D eigenvalue weighted by Crippen LogP contribution is -2.45. The summed E-state index contributed by atoms with van der Waals surface area (Å²) < 4.78 is 5.47. The molecule has 0 saturated carbocycles. The van der Waals surface area contributed by atoms with Crippen molar-refractivity contribution in [1.82, 2.24) is 10.2 Å². The van der Waals surface area contributed by atoms with E-state index in [1.165, 1.54) is 0 Å². The number of nitrogens with one attached hydrogen (secondary N) is 2. The molecule has 1 heterocycles. The summed E-state index contributed by atoms with van der Waals surface area (Å²) in [6.45, 7) is 2.99. The molecule has 1 aliphatic rings. The van der Waals surface area contributed by atoms with Crippen molar-refractivity contribution in [3.8, 4) is 5.75 Å². The number of rotatable bonds is 7. The summed E-state index contributed by atoms with van der Waals surface area (Å²) in [5, 5.41) is 15.3. The van der Waals surface area contributed by atoms with Gasteiger partial charge >= 0.3 is 6.03 Å². The fourth-order valence-corrected chi connectivity index (χ4v) is 3.53. The fourth-order valence-electron chi connectivity index (χ4n) is 3.40. The number of anilines is 1. The van der Waals surface area contributed by atoms with Gasteiger partial charge in [0.25, 0.3) is 0 Å². The predicted molar refractivity (Wildman–Crippen MR) is 111 cm³/mol. The van der Waals surface area contributed by atoms with Gasteiger partial charge in [-0.25, -0.2) is 4.79 Å². The first-order valence-corrected chi connectivity index (χ1v) is 9.85. The molecule has 2 aromatic rings. The summed E-state index contributed by atoms with van der Waals surface area (Å²) >= 11 is 5.86. The maximum atomic E-state index is 12.8. The van der Waals surface area contributed by atoms with Crippen molar-refractivity contribution in [2.24, 2.45) is 0 Å². The highest BCUT2D eigenvalue weighted by Gasteiger charge is 2.41. The first-order valence-electron chi connectivity index (χ1n) is 9.47. The molecule has 0 aromatic heterocycles.